The molecule has 0 atom stereocenters. The molecule has 0 aliphatic heterocycles. The van der Waals surface area contributed by atoms with Gasteiger partial charge in [-0.1, -0.05) is 12.1 Å². The number of rotatable bonds is 6. The summed E-state index contributed by atoms with van der Waals surface area (Å²) in [6.07, 6.45) is 0. The van der Waals surface area contributed by atoms with E-state index < -0.39 is 5.54 Å². The van der Waals surface area contributed by atoms with E-state index in [9.17, 15) is 9.59 Å². The third-order valence-corrected chi connectivity index (χ3v) is 2.64. The van der Waals surface area contributed by atoms with Gasteiger partial charge in [-0.05, 0) is 31.5 Å². The molecule has 1 aromatic rings. The Morgan fingerprint density at radius 2 is 1.76 bits per heavy atom. The number of methoxy groups -OCH3 is 1. The molecule has 0 radical (unpaired) electrons. The molecule has 0 aliphatic carbocycles. The maximum absolute atomic E-state index is 11.6. The van der Waals surface area contributed by atoms with E-state index in [4.69, 9.17) is 10.5 Å². The summed E-state index contributed by atoms with van der Waals surface area (Å²) in [5.74, 6) is 0.132. The average Bonchev–Trinajstić information content (AvgIpc) is 2.41. The summed E-state index contributed by atoms with van der Waals surface area (Å²) in [5.41, 5.74) is 5.56. The van der Waals surface area contributed by atoms with E-state index in [1.54, 1.807) is 21.0 Å². The lowest BCUT2D eigenvalue weighted by Crippen LogP contribution is -2.51. The van der Waals surface area contributed by atoms with Crippen molar-refractivity contribution in [1.29, 1.82) is 0 Å². The van der Waals surface area contributed by atoms with Crippen molar-refractivity contribution in [2.24, 2.45) is 5.73 Å². The SMILES string of the molecule is COc1ccc(CNC(=O)CNC(=O)C(C)(C)N)cc1.Cl. The van der Waals surface area contributed by atoms with Gasteiger partial charge in [0.05, 0.1) is 19.2 Å². The highest BCUT2D eigenvalue weighted by atomic mass is 35.5. The number of hydrogen-bond donors (Lipinski definition) is 3. The summed E-state index contributed by atoms with van der Waals surface area (Å²) in [6.45, 7) is 3.47. The predicted molar refractivity (Wildman–Crippen MR) is 83.4 cm³/mol. The highest BCUT2D eigenvalue weighted by molar-refractivity contribution is 5.89. The summed E-state index contributed by atoms with van der Waals surface area (Å²) >= 11 is 0. The predicted octanol–water partition coefficient (Wildman–Crippen LogP) is 0.587. The van der Waals surface area contributed by atoms with E-state index in [1.807, 2.05) is 24.3 Å². The van der Waals surface area contributed by atoms with Crippen molar-refractivity contribution in [1.82, 2.24) is 10.6 Å². The maximum atomic E-state index is 11.6. The number of carbonyl (C=O) groups is 2. The van der Waals surface area contributed by atoms with E-state index in [-0.39, 0.29) is 30.8 Å². The highest BCUT2D eigenvalue weighted by Gasteiger charge is 2.21. The normalized spacial score (nSPS) is 10.3. The van der Waals surface area contributed by atoms with Crippen molar-refractivity contribution in [2.75, 3.05) is 13.7 Å². The van der Waals surface area contributed by atoms with Crippen LogP contribution in [0.4, 0.5) is 0 Å². The molecule has 0 aromatic heterocycles. The van der Waals surface area contributed by atoms with Crippen molar-refractivity contribution in [3.63, 3.8) is 0 Å². The van der Waals surface area contributed by atoms with Crippen molar-refractivity contribution >= 4 is 24.2 Å². The van der Waals surface area contributed by atoms with E-state index in [1.165, 1.54) is 0 Å². The number of halogens is 1. The summed E-state index contributed by atoms with van der Waals surface area (Å²) in [5, 5.41) is 5.19. The number of nitrogens with one attached hydrogen (secondary N) is 2. The third-order valence-electron chi connectivity index (χ3n) is 2.64. The lowest BCUT2D eigenvalue weighted by molar-refractivity contribution is -0.128. The first-order chi connectivity index (χ1) is 9.32. The second kappa shape index (κ2) is 8.49. The molecule has 0 aliphatic rings. The second-order valence-corrected chi connectivity index (χ2v) is 5.03. The molecule has 2 amide bonds. The van der Waals surface area contributed by atoms with Gasteiger partial charge in [-0.2, -0.15) is 0 Å². The maximum Gasteiger partial charge on any atom is 0.239 e. The fourth-order valence-electron chi connectivity index (χ4n) is 1.39. The Kier molecular flexibility index (Phi) is 7.76. The Labute approximate surface area is 130 Å². The Morgan fingerprint density at radius 1 is 1.19 bits per heavy atom. The summed E-state index contributed by atoms with van der Waals surface area (Å²) in [7, 11) is 1.60. The van der Waals surface area contributed by atoms with Gasteiger partial charge in [0.1, 0.15) is 5.75 Å². The molecule has 0 heterocycles. The molecular formula is C14H22ClN3O3. The number of carbonyl (C=O) groups excluding carboxylic acids is 2. The van der Waals surface area contributed by atoms with Gasteiger partial charge in [-0.3, -0.25) is 9.59 Å². The van der Waals surface area contributed by atoms with Crippen LogP contribution in [0, 0.1) is 0 Å². The van der Waals surface area contributed by atoms with Crippen LogP contribution in [0.25, 0.3) is 0 Å². The Bertz CT molecular complexity index is 469. The molecule has 21 heavy (non-hydrogen) atoms. The van der Waals surface area contributed by atoms with Gasteiger partial charge in [0, 0.05) is 6.54 Å². The van der Waals surface area contributed by atoms with Gasteiger partial charge in [0.2, 0.25) is 11.8 Å². The van der Waals surface area contributed by atoms with Crippen LogP contribution < -0.4 is 21.1 Å². The minimum Gasteiger partial charge on any atom is -0.497 e. The fraction of sp³-hybridized carbons (Fsp3) is 0.429. The topological polar surface area (TPSA) is 93.5 Å². The van der Waals surface area contributed by atoms with Crippen LogP contribution in [-0.2, 0) is 16.1 Å². The first-order valence-electron chi connectivity index (χ1n) is 6.29. The molecule has 0 saturated heterocycles. The quantitative estimate of drug-likeness (QED) is 0.716. The number of hydrogen-bond acceptors (Lipinski definition) is 4. The molecule has 0 spiro atoms. The Balaban J connectivity index is 0.00000400. The molecule has 6 nitrogen and oxygen atoms in total. The van der Waals surface area contributed by atoms with Gasteiger partial charge in [0.25, 0.3) is 0 Å². The first-order valence-corrected chi connectivity index (χ1v) is 6.29. The Hall–Kier alpha value is -1.79. The zero-order valence-electron chi connectivity index (χ0n) is 12.4. The van der Waals surface area contributed by atoms with Crippen molar-refractivity contribution < 1.29 is 14.3 Å². The zero-order chi connectivity index (χ0) is 15.2. The standard InChI is InChI=1S/C14H21N3O3.ClH/c1-14(2,15)13(19)17-9-12(18)16-8-10-4-6-11(20-3)7-5-10;/h4-7H,8-9,15H2,1-3H3,(H,16,18)(H,17,19);1H. The van der Waals surface area contributed by atoms with Crippen molar-refractivity contribution in [2.45, 2.75) is 25.9 Å². The summed E-state index contributed by atoms with van der Waals surface area (Å²) in [4.78, 5) is 23.1. The van der Waals surface area contributed by atoms with Gasteiger partial charge in [-0.15, -0.1) is 12.4 Å². The van der Waals surface area contributed by atoms with Crippen molar-refractivity contribution in [3.8, 4) is 5.75 Å². The van der Waals surface area contributed by atoms with E-state index >= 15 is 0 Å². The van der Waals surface area contributed by atoms with Crippen LogP contribution in [-0.4, -0.2) is 31.0 Å². The van der Waals surface area contributed by atoms with Gasteiger partial charge in [0.15, 0.2) is 0 Å². The summed E-state index contributed by atoms with van der Waals surface area (Å²) < 4.78 is 5.04. The van der Waals surface area contributed by atoms with Crippen LogP contribution in [0.1, 0.15) is 19.4 Å². The van der Waals surface area contributed by atoms with Crippen LogP contribution in [0.3, 0.4) is 0 Å². The lowest BCUT2D eigenvalue weighted by atomic mass is 10.1. The van der Waals surface area contributed by atoms with Gasteiger partial charge >= 0.3 is 0 Å². The molecule has 1 rings (SSSR count). The van der Waals surface area contributed by atoms with E-state index in [2.05, 4.69) is 10.6 Å². The largest absolute Gasteiger partial charge is 0.497 e. The summed E-state index contributed by atoms with van der Waals surface area (Å²) in [6, 6.07) is 7.36. The van der Waals surface area contributed by atoms with Gasteiger partial charge in [-0.25, -0.2) is 0 Å². The van der Waals surface area contributed by atoms with Crippen LogP contribution in [0.5, 0.6) is 5.75 Å². The monoisotopic (exact) mass is 315 g/mol. The minimum absolute atomic E-state index is 0. The van der Waals surface area contributed by atoms with Crippen molar-refractivity contribution in [3.05, 3.63) is 29.8 Å². The molecule has 118 valence electrons. The molecule has 0 saturated carbocycles. The molecule has 0 bridgehead atoms. The molecule has 7 heteroatoms. The number of benzene rings is 1. The molecule has 0 unspecified atom stereocenters. The number of amides is 2. The fourth-order valence-corrected chi connectivity index (χ4v) is 1.39. The smallest absolute Gasteiger partial charge is 0.239 e. The minimum atomic E-state index is -0.990. The first kappa shape index (κ1) is 19.2. The molecule has 0 fully saturated rings. The lowest BCUT2D eigenvalue weighted by Gasteiger charge is -2.17. The number of ether oxygens (including phenoxy) is 1. The average molecular weight is 316 g/mol. The van der Waals surface area contributed by atoms with E-state index in [0.29, 0.717) is 6.54 Å². The van der Waals surface area contributed by atoms with Gasteiger partial charge < -0.3 is 21.1 Å². The Morgan fingerprint density at radius 3 is 2.24 bits per heavy atom. The van der Waals surface area contributed by atoms with Crippen LogP contribution in [0.15, 0.2) is 24.3 Å². The molecule has 4 N–H and O–H groups in total. The second-order valence-electron chi connectivity index (χ2n) is 5.03. The highest BCUT2D eigenvalue weighted by Crippen LogP contribution is 2.10. The van der Waals surface area contributed by atoms with Crippen LogP contribution in [0.2, 0.25) is 0 Å². The zero-order valence-corrected chi connectivity index (χ0v) is 13.3. The van der Waals surface area contributed by atoms with E-state index in [0.717, 1.165) is 11.3 Å². The molecule has 1 aromatic carbocycles. The number of nitrogens with two attached hydrogens (primary N) is 1. The third kappa shape index (κ3) is 6.97. The van der Waals surface area contributed by atoms with Crippen LogP contribution >= 0.6 is 12.4 Å². The molecular weight excluding hydrogens is 294 g/mol.